The number of hydrogen-bond donors (Lipinski definition) is 0. The Labute approximate surface area is 166 Å². The zero-order chi connectivity index (χ0) is 19.2. The highest BCUT2D eigenvalue weighted by atomic mass is 16.5. The Hall–Kier alpha value is -2.37. The maximum absolute atomic E-state index is 12.2. The minimum absolute atomic E-state index is 0.0237. The van der Waals surface area contributed by atoms with E-state index in [0.29, 0.717) is 26.3 Å². The van der Waals surface area contributed by atoms with Crippen LogP contribution in [0.3, 0.4) is 0 Å². The molecule has 0 unspecified atom stereocenters. The fourth-order valence-corrected chi connectivity index (χ4v) is 3.90. The van der Waals surface area contributed by atoms with Crippen molar-refractivity contribution in [2.24, 2.45) is 0 Å². The van der Waals surface area contributed by atoms with Crippen LogP contribution in [0.1, 0.15) is 23.1 Å². The van der Waals surface area contributed by atoms with Crippen molar-refractivity contribution < 1.29 is 14.3 Å². The molecule has 2 aromatic rings. The van der Waals surface area contributed by atoms with Crippen molar-refractivity contribution in [3.8, 4) is 5.75 Å². The van der Waals surface area contributed by atoms with Crippen LogP contribution >= 0.6 is 0 Å². The zero-order valence-electron chi connectivity index (χ0n) is 16.3. The summed E-state index contributed by atoms with van der Waals surface area (Å²) in [4.78, 5) is 16.5. The van der Waals surface area contributed by atoms with Crippen molar-refractivity contribution in [3.63, 3.8) is 0 Å². The predicted molar refractivity (Wildman–Crippen MR) is 108 cm³/mol. The number of ether oxygens (including phenoxy) is 2. The quantitative estimate of drug-likeness (QED) is 0.800. The lowest BCUT2D eigenvalue weighted by atomic mass is 10.0. The second-order valence-corrected chi connectivity index (χ2v) is 7.51. The van der Waals surface area contributed by atoms with Crippen LogP contribution in [0.2, 0.25) is 0 Å². The average Bonchev–Trinajstić information content (AvgIpc) is 2.95. The maximum Gasteiger partial charge on any atom is 0.260 e. The van der Waals surface area contributed by atoms with Crippen LogP contribution in [0, 0.1) is 0 Å². The van der Waals surface area contributed by atoms with Gasteiger partial charge in [-0.3, -0.25) is 9.69 Å². The molecule has 5 heteroatoms. The van der Waals surface area contributed by atoms with Crippen LogP contribution in [0.15, 0.2) is 48.5 Å². The van der Waals surface area contributed by atoms with E-state index in [9.17, 15) is 4.79 Å². The van der Waals surface area contributed by atoms with E-state index in [0.717, 1.165) is 31.8 Å². The molecule has 1 saturated heterocycles. The van der Waals surface area contributed by atoms with Gasteiger partial charge < -0.3 is 14.4 Å². The molecule has 4 rings (SSSR count). The minimum Gasteiger partial charge on any atom is -0.484 e. The maximum atomic E-state index is 12.2. The molecule has 2 aromatic carbocycles. The van der Waals surface area contributed by atoms with E-state index in [4.69, 9.17) is 9.47 Å². The molecule has 0 saturated carbocycles. The van der Waals surface area contributed by atoms with Crippen LogP contribution < -0.4 is 4.74 Å². The third kappa shape index (κ3) is 4.91. The lowest BCUT2D eigenvalue weighted by Crippen LogP contribution is -2.42. The Morgan fingerprint density at radius 2 is 1.71 bits per heavy atom. The molecule has 2 aliphatic heterocycles. The van der Waals surface area contributed by atoms with Crippen molar-refractivity contribution >= 4 is 5.91 Å². The van der Waals surface area contributed by atoms with Gasteiger partial charge in [0.2, 0.25) is 0 Å². The standard InChI is InChI=1S/C23H28N2O3/c26-23(25-12-14-27-15-13-25)18-28-22-9-7-19(8-10-22)16-24-11-3-6-20-4-1-2-5-21(20)17-24/h1-2,4-5,7-10H,3,6,11-18H2. The van der Waals surface area contributed by atoms with Gasteiger partial charge >= 0.3 is 0 Å². The van der Waals surface area contributed by atoms with Gasteiger partial charge in [0.05, 0.1) is 13.2 Å². The molecule has 0 N–H and O–H groups in total. The number of rotatable bonds is 5. The van der Waals surface area contributed by atoms with E-state index in [2.05, 4.69) is 41.3 Å². The van der Waals surface area contributed by atoms with E-state index < -0.39 is 0 Å². The molecule has 148 valence electrons. The molecule has 5 nitrogen and oxygen atoms in total. The molecule has 28 heavy (non-hydrogen) atoms. The van der Waals surface area contributed by atoms with Gasteiger partial charge in [-0.1, -0.05) is 36.4 Å². The molecule has 0 aliphatic carbocycles. The van der Waals surface area contributed by atoms with Gasteiger partial charge in [-0.2, -0.15) is 0 Å². The number of aryl methyl sites for hydroxylation is 1. The summed E-state index contributed by atoms with van der Waals surface area (Å²) in [7, 11) is 0. The van der Waals surface area contributed by atoms with Crippen molar-refractivity contribution in [3.05, 3.63) is 65.2 Å². The van der Waals surface area contributed by atoms with E-state index in [1.54, 1.807) is 4.90 Å². The fraction of sp³-hybridized carbons (Fsp3) is 0.435. The second kappa shape index (κ2) is 9.22. The Morgan fingerprint density at radius 1 is 0.964 bits per heavy atom. The number of morpholine rings is 1. The van der Waals surface area contributed by atoms with Crippen LogP contribution in [0.25, 0.3) is 0 Å². The molecule has 0 spiro atoms. The van der Waals surface area contributed by atoms with E-state index >= 15 is 0 Å². The number of fused-ring (bicyclic) bond motifs is 1. The van der Waals surface area contributed by atoms with Crippen molar-refractivity contribution in [2.75, 3.05) is 39.5 Å². The molecule has 2 aliphatic rings. The van der Waals surface area contributed by atoms with Gasteiger partial charge in [0.25, 0.3) is 5.91 Å². The van der Waals surface area contributed by atoms with Crippen molar-refractivity contribution in [2.45, 2.75) is 25.9 Å². The van der Waals surface area contributed by atoms with Gasteiger partial charge in [-0.05, 0) is 48.2 Å². The van der Waals surface area contributed by atoms with Gasteiger partial charge in [0.15, 0.2) is 6.61 Å². The van der Waals surface area contributed by atoms with Crippen LogP contribution in [0.4, 0.5) is 0 Å². The first-order valence-electron chi connectivity index (χ1n) is 10.1. The monoisotopic (exact) mass is 380 g/mol. The summed E-state index contributed by atoms with van der Waals surface area (Å²) in [6.07, 6.45) is 2.36. The SMILES string of the molecule is O=C(COc1ccc(CN2CCCc3ccccc3C2)cc1)N1CCOCC1. The molecule has 0 bridgehead atoms. The third-order valence-electron chi connectivity index (χ3n) is 5.49. The molecule has 1 fully saturated rings. The Bertz CT molecular complexity index is 785. The average molecular weight is 380 g/mol. The lowest BCUT2D eigenvalue weighted by Gasteiger charge is -2.26. The fourth-order valence-electron chi connectivity index (χ4n) is 3.90. The lowest BCUT2D eigenvalue weighted by molar-refractivity contribution is -0.137. The minimum atomic E-state index is 0.0237. The third-order valence-corrected chi connectivity index (χ3v) is 5.49. The largest absolute Gasteiger partial charge is 0.484 e. The molecular weight excluding hydrogens is 352 g/mol. The summed E-state index contributed by atoms with van der Waals surface area (Å²) in [6.45, 7) is 5.66. The van der Waals surface area contributed by atoms with Crippen LogP contribution in [0.5, 0.6) is 5.75 Å². The second-order valence-electron chi connectivity index (χ2n) is 7.51. The molecule has 2 heterocycles. The zero-order valence-corrected chi connectivity index (χ0v) is 16.3. The molecule has 1 amide bonds. The smallest absolute Gasteiger partial charge is 0.260 e. The molecule has 0 radical (unpaired) electrons. The molecule has 0 atom stereocenters. The van der Waals surface area contributed by atoms with Gasteiger partial charge in [0.1, 0.15) is 5.75 Å². The van der Waals surface area contributed by atoms with Crippen molar-refractivity contribution in [1.82, 2.24) is 9.80 Å². The molecular formula is C23H28N2O3. The highest BCUT2D eigenvalue weighted by Gasteiger charge is 2.17. The first kappa shape index (κ1) is 19.0. The first-order chi connectivity index (χ1) is 13.8. The first-order valence-corrected chi connectivity index (χ1v) is 10.1. The van der Waals surface area contributed by atoms with Crippen LogP contribution in [-0.4, -0.2) is 55.2 Å². The Balaban J connectivity index is 1.29. The number of carbonyl (C=O) groups is 1. The highest BCUT2D eigenvalue weighted by Crippen LogP contribution is 2.21. The highest BCUT2D eigenvalue weighted by molar-refractivity contribution is 5.77. The number of hydrogen-bond acceptors (Lipinski definition) is 4. The Morgan fingerprint density at radius 3 is 2.50 bits per heavy atom. The van der Waals surface area contributed by atoms with Gasteiger partial charge in [-0.25, -0.2) is 0 Å². The van der Waals surface area contributed by atoms with Crippen molar-refractivity contribution in [1.29, 1.82) is 0 Å². The topological polar surface area (TPSA) is 42.0 Å². The van der Waals surface area contributed by atoms with E-state index in [1.165, 1.54) is 23.1 Å². The molecule has 0 aromatic heterocycles. The van der Waals surface area contributed by atoms with E-state index in [-0.39, 0.29) is 12.5 Å². The summed E-state index contributed by atoms with van der Waals surface area (Å²) in [5.41, 5.74) is 4.20. The summed E-state index contributed by atoms with van der Waals surface area (Å²) in [5.74, 6) is 0.766. The number of nitrogens with zero attached hydrogens (tertiary/aromatic N) is 2. The van der Waals surface area contributed by atoms with Gasteiger partial charge in [0, 0.05) is 26.2 Å². The predicted octanol–water partition coefficient (Wildman–Crippen LogP) is 2.87. The Kier molecular flexibility index (Phi) is 6.24. The summed E-state index contributed by atoms with van der Waals surface area (Å²) in [5, 5.41) is 0. The number of benzene rings is 2. The summed E-state index contributed by atoms with van der Waals surface area (Å²) >= 11 is 0. The number of amides is 1. The normalized spacial score (nSPS) is 17.6. The number of carbonyl (C=O) groups excluding carboxylic acids is 1. The van der Waals surface area contributed by atoms with E-state index in [1.807, 2.05) is 12.1 Å². The van der Waals surface area contributed by atoms with Crippen LogP contribution in [-0.2, 0) is 29.0 Å². The van der Waals surface area contributed by atoms with Gasteiger partial charge in [-0.15, -0.1) is 0 Å². The summed E-state index contributed by atoms with van der Waals surface area (Å²) < 4.78 is 11.0. The summed E-state index contributed by atoms with van der Waals surface area (Å²) in [6, 6.07) is 16.9.